The number of carbonyl (C=O) groups is 2. The molecule has 0 bridgehead atoms. The van der Waals surface area contributed by atoms with Crippen molar-refractivity contribution in [2.24, 2.45) is 5.92 Å². The van der Waals surface area contributed by atoms with E-state index >= 15 is 0 Å². The zero-order valence-electron chi connectivity index (χ0n) is 24.3. The number of fused-ring (bicyclic) bond motifs is 2. The van der Waals surface area contributed by atoms with E-state index in [0.717, 1.165) is 28.9 Å². The zero-order valence-corrected chi connectivity index (χ0v) is 25.1. The van der Waals surface area contributed by atoms with E-state index in [1.54, 1.807) is 23.5 Å². The molecule has 0 saturated carbocycles. The number of ether oxygens (including phenoxy) is 1. The van der Waals surface area contributed by atoms with Gasteiger partial charge >= 0.3 is 6.03 Å². The molecule has 0 aliphatic carbocycles. The van der Waals surface area contributed by atoms with Crippen LogP contribution in [0.3, 0.4) is 0 Å². The van der Waals surface area contributed by atoms with E-state index in [0.29, 0.717) is 42.0 Å². The third kappa shape index (κ3) is 5.67. The number of amides is 3. The Kier molecular flexibility index (Phi) is 8.04. The second kappa shape index (κ2) is 12.1. The highest BCUT2D eigenvalue weighted by atomic mass is 35.5. The SMILES string of the molecule is CC(C)CN1CCC2(C(=O)N(Cc3ccccn3)C(=O)N2Cc2cccnc2)c2ccc(OCc3ccc(Cl)cc3)cc21. The Hall–Kier alpha value is -4.43. The number of benzene rings is 2. The van der Waals surface area contributed by atoms with Crippen LogP contribution in [0.4, 0.5) is 10.5 Å². The van der Waals surface area contributed by atoms with Gasteiger partial charge in [-0.15, -0.1) is 0 Å². The van der Waals surface area contributed by atoms with E-state index in [1.165, 1.54) is 4.90 Å². The molecular weight excluding hydrogens is 562 g/mol. The van der Waals surface area contributed by atoms with Crippen LogP contribution in [0.1, 0.15) is 42.7 Å². The van der Waals surface area contributed by atoms with Gasteiger partial charge in [0.05, 0.1) is 18.8 Å². The summed E-state index contributed by atoms with van der Waals surface area (Å²) in [7, 11) is 0. The standard InChI is InChI=1S/C34H34ClN5O3/c1-24(2)20-38-17-14-34(30-13-12-29(18-31(30)38)43-23-25-8-10-27(35)11-9-25)32(41)39(22-28-7-3-4-16-37-28)33(42)40(34)21-26-6-5-15-36-19-26/h3-13,15-16,18-19,24H,14,17,20-23H2,1-2H3. The number of pyridine rings is 2. The normalized spacial score (nSPS) is 18.1. The average molecular weight is 596 g/mol. The molecule has 8 nitrogen and oxygen atoms in total. The van der Waals surface area contributed by atoms with Crippen LogP contribution in [0.25, 0.3) is 0 Å². The molecule has 1 atom stereocenters. The first-order valence-corrected chi connectivity index (χ1v) is 14.9. The predicted octanol–water partition coefficient (Wildman–Crippen LogP) is 6.44. The molecule has 2 aliphatic heterocycles. The number of carbonyl (C=O) groups excluding carboxylic acids is 2. The molecule has 1 spiro atoms. The van der Waals surface area contributed by atoms with Crippen molar-refractivity contribution < 1.29 is 14.3 Å². The zero-order chi connectivity index (χ0) is 30.0. The third-order valence-electron chi connectivity index (χ3n) is 8.03. The van der Waals surface area contributed by atoms with Gasteiger partial charge in [-0.3, -0.25) is 19.7 Å². The molecule has 0 N–H and O–H groups in total. The molecule has 2 aromatic carbocycles. The first-order chi connectivity index (χ1) is 20.8. The number of aromatic nitrogens is 2. The lowest BCUT2D eigenvalue weighted by molar-refractivity contribution is -0.134. The van der Waals surface area contributed by atoms with Crippen molar-refractivity contribution in [3.63, 3.8) is 0 Å². The smallest absolute Gasteiger partial charge is 0.328 e. The molecule has 0 radical (unpaired) electrons. The second-order valence-electron chi connectivity index (χ2n) is 11.5. The molecule has 43 heavy (non-hydrogen) atoms. The number of urea groups is 1. The fourth-order valence-electron chi connectivity index (χ4n) is 6.05. The van der Waals surface area contributed by atoms with Crippen LogP contribution in [0.2, 0.25) is 5.02 Å². The molecule has 9 heteroatoms. The molecule has 220 valence electrons. The Morgan fingerprint density at radius 3 is 2.51 bits per heavy atom. The fraction of sp³-hybridized carbons (Fsp3) is 0.294. The summed E-state index contributed by atoms with van der Waals surface area (Å²) in [6.07, 6.45) is 5.60. The second-order valence-corrected chi connectivity index (χ2v) is 11.9. The third-order valence-corrected chi connectivity index (χ3v) is 8.29. The van der Waals surface area contributed by atoms with Crippen molar-refractivity contribution in [1.82, 2.24) is 19.8 Å². The Labute approximate surface area is 256 Å². The lowest BCUT2D eigenvalue weighted by Crippen LogP contribution is -2.53. The van der Waals surface area contributed by atoms with Crippen LogP contribution in [-0.2, 0) is 30.0 Å². The molecule has 4 heterocycles. The predicted molar refractivity (Wildman–Crippen MR) is 166 cm³/mol. The summed E-state index contributed by atoms with van der Waals surface area (Å²) in [4.78, 5) is 42.8. The maximum Gasteiger partial charge on any atom is 0.328 e. The number of halogens is 1. The Bertz CT molecular complexity index is 1600. The maximum atomic E-state index is 14.6. The van der Waals surface area contributed by atoms with Gasteiger partial charge in [0.25, 0.3) is 5.91 Å². The van der Waals surface area contributed by atoms with Gasteiger partial charge < -0.3 is 14.5 Å². The number of hydrogen-bond acceptors (Lipinski definition) is 6. The summed E-state index contributed by atoms with van der Waals surface area (Å²) in [5.74, 6) is 0.862. The number of nitrogens with zero attached hydrogens (tertiary/aromatic N) is 5. The highest BCUT2D eigenvalue weighted by Gasteiger charge is 2.60. The summed E-state index contributed by atoms with van der Waals surface area (Å²) in [6.45, 7) is 6.54. The van der Waals surface area contributed by atoms with Crippen LogP contribution < -0.4 is 9.64 Å². The minimum Gasteiger partial charge on any atom is -0.489 e. The number of anilines is 1. The van der Waals surface area contributed by atoms with Gasteiger partial charge in [-0.05, 0) is 53.4 Å². The molecule has 4 aromatic rings. The van der Waals surface area contributed by atoms with Gasteiger partial charge in [0.1, 0.15) is 12.4 Å². The van der Waals surface area contributed by atoms with E-state index in [2.05, 4.69) is 28.7 Å². The van der Waals surface area contributed by atoms with Crippen LogP contribution in [0, 0.1) is 5.92 Å². The van der Waals surface area contributed by atoms with Crippen LogP contribution in [-0.4, -0.2) is 44.8 Å². The van der Waals surface area contributed by atoms with Gasteiger partial charge in [0.15, 0.2) is 5.54 Å². The average Bonchev–Trinajstić information content (AvgIpc) is 3.20. The van der Waals surface area contributed by atoms with Gasteiger partial charge in [-0.2, -0.15) is 0 Å². The van der Waals surface area contributed by atoms with E-state index in [1.807, 2.05) is 72.8 Å². The topological polar surface area (TPSA) is 78.9 Å². The van der Waals surface area contributed by atoms with E-state index in [9.17, 15) is 9.59 Å². The van der Waals surface area contributed by atoms with E-state index in [-0.39, 0.29) is 25.0 Å². The van der Waals surface area contributed by atoms with Crippen molar-refractivity contribution in [1.29, 1.82) is 0 Å². The van der Waals surface area contributed by atoms with Gasteiger partial charge in [0.2, 0.25) is 0 Å². The molecule has 3 amide bonds. The van der Waals surface area contributed by atoms with Crippen LogP contribution >= 0.6 is 11.6 Å². The summed E-state index contributed by atoms with van der Waals surface area (Å²) < 4.78 is 6.21. The van der Waals surface area contributed by atoms with Crippen molar-refractivity contribution in [3.8, 4) is 5.75 Å². The molecule has 6 rings (SSSR count). The largest absolute Gasteiger partial charge is 0.489 e. The van der Waals surface area contributed by atoms with Crippen molar-refractivity contribution in [2.45, 2.75) is 45.5 Å². The summed E-state index contributed by atoms with van der Waals surface area (Å²) in [6, 6.07) is 22.4. The van der Waals surface area contributed by atoms with Crippen LogP contribution in [0.15, 0.2) is 91.4 Å². The Morgan fingerprint density at radius 1 is 0.953 bits per heavy atom. The molecule has 1 unspecified atom stereocenters. The number of imide groups is 1. The minimum atomic E-state index is -1.17. The minimum absolute atomic E-state index is 0.108. The molecule has 2 aliphatic rings. The summed E-state index contributed by atoms with van der Waals surface area (Å²) in [5.41, 5.74) is 3.07. The van der Waals surface area contributed by atoms with Crippen molar-refractivity contribution in [3.05, 3.63) is 119 Å². The number of rotatable bonds is 9. The van der Waals surface area contributed by atoms with Crippen molar-refractivity contribution in [2.75, 3.05) is 18.0 Å². The van der Waals surface area contributed by atoms with Gasteiger partial charge in [-0.25, -0.2) is 4.79 Å². The highest BCUT2D eigenvalue weighted by Crippen LogP contribution is 2.49. The first-order valence-electron chi connectivity index (χ1n) is 14.5. The van der Waals surface area contributed by atoms with Crippen molar-refractivity contribution >= 4 is 29.2 Å². The summed E-state index contributed by atoms with van der Waals surface area (Å²) in [5, 5.41) is 0.677. The maximum absolute atomic E-state index is 14.6. The monoisotopic (exact) mass is 595 g/mol. The highest BCUT2D eigenvalue weighted by molar-refractivity contribution is 6.30. The molecule has 1 saturated heterocycles. The molecule has 1 fully saturated rings. The van der Waals surface area contributed by atoms with Crippen LogP contribution in [0.5, 0.6) is 5.75 Å². The van der Waals surface area contributed by atoms with Gasteiger partial charge in [-0.1, -0.05) is 55.8 Å². The van der Waals surface area contributed by atoms with Gasteiger partial charge in [0, 0.05) is 60.4 Å². The fourth-order valence-corrected chi connectivity index (χ4v) is 6.18. The molecule has 2 aromatic heterocycles. The first kappa shape index (κ1) is 28.7. The van der Waals surface area contributed by atoms with E-state index in [4.69, 9.17) is 16.3 Å². The lowest BCUT2D eigenvalue weighted by atomic mass is 9.80. The summed E-state index contributed by atoms with van der Waals surface area (Å²) >= 11 is 6.05. The lowest BCUT2D eigenvalue weighted by Gasteiger charge is -2.45. The Morgan fingerprint density at radius 2 is 1.79 bits per heavy atom. The van der Waals surface area contributed by atoms with E-state index < -0.39 is 5.54 Å². The Balaban J connectivity index is 1.41. The molecular formula is C34H34ClN5O3. The number of hydrogen-bond donors (Lipinski definition) is 0. The quantitative estimate of drug-likeness (QED) is 0.207.